The number of hydrogen-bond donors (Lipinski definition) is 1. The van der Waals surface area contributed by atoms with E-state index in [0.29, 0.717) is 12.3 Å². The maximum atomic E-state index is 10.9. The second-order valence-electron chi connectivity index (χ2n) is 8.67. The molecule has 0 spiro atoms. The summed E-state index contributed by atoms with van der Waals surface area (Å²) < 4.78 is 7.51. The number of carboxylic acid groups (broad SMARTS) is 1. The van der Waals surface area contributed by atoms with E-state index in [1.807, 2.05) is 41.3 Å². The summed E-state index contributed by atoms with van der Waals surface area (Å²) in [6.07, 6.45) is 12.9. The molecule has 2 aromatic carbocycles. The minimum absolute atomic E-state index is 0.0654. The Morgan fingerprint density at radius 2 is 1.86 bits per heavy atom. The molecule has 35 heavy (non-hydrogen) atoms. The Kier molecular flexibility index (Phi) is 6.70. The van der Waals surface area contributed by atoms with E-state index in [1.54, 1.807) is 6.20 Å². The lowest BCUT2D eigenvalue weighted by Gasteiger charge is -2.22. The molecule has 0 amide bonds. The molecule has 6 heteroatoms. The standard InChI is InChI=1S/C29H27N3O3/c33-28(34)20-35-27-13-5-11-25-21(9-4-12-26(25)27)14-16-32-19-24(18-31-32)29(22-7-2-1-3-8-22)23-10-6-15-30-17-23/h1-3,5-8,10-11,13-15,17-19,29H,4,9,12,16,20H2,(H,33,34)/b21-14-. The Balaban J connectivity index is 1.39. The number of hydrogen-bond acceptors (Lipinski definition) is 4. The Morgan fingerprint density at radius 1 is 1.00 bits per heavy atom. The van der Waals surface area contributed by atoms with Crippen LogP contribution in [0, 0.1) is 0 Å². The van der Waals surface area contributed by atoms with Crippen molar-refractivity contribution in [2.45, 2.75) is 31.7 Å². The third-order valence-corrected chi connectivity index (χ3v) is 6.36. The van der Waals surface area contributed by atoms with Gasteiger partial charge >= 0.3 is 5.97 Å². The highest BCUT2D eigenvalue weighted by Gasteiger charge is 2.20. The van der Waals surface area contributed by atoms with E-state index in [0.717, 1.165) is 41.5 Å². The van der Waals surface area contributed by atoms with E-state index in [4.69, 9.17) is 9.84 Å². The van der Waals surface area contributed by atoms with Crippen LogP contribution in [0.4, 0.5) is 0 Å². The van der Waals surface area contributed by atoms with Gasteiger partial charge in [0.1, 0.15) is 5.75 Å². The molecule has 1 aliphatic carbocycles. The summed E-state index contributed by atoms with van der Waals surface area (Å²) in [5.41, 5.74) is 6.93. The largest absolute Gasteiger partial charge is 0.482 e. The van der Waals surface area contributed by atoms with Crippen LogP contribution in [0.5, 0.6) is 5.75 Å². The maximum absolute atomic E-state index is 10.9. The second-order valence-corrected chi connectivity index (χ2v) is 8.67. The fraction of sp³-hybridized carbons (Fsp3) is 0.207. The average molecular weight is 466 g/mol. The van der Waals surface area contributed by atoms with Gasteiger partial charge in [0.05, 0.1) is 12.7 Å². The Hall–Kier alpha value is -4.19. The smallest absolute Gasteiger partial charge is 0.341 e. The predicted octanol–water partition coefficient (Wildman–Crippen LogP) is 5.34. The van der Waals surface area contributed by atoms with E-state index in [-0.39, 0.29) is 12.5 Å². The van der Waals surface area contributed by atoms with Crippen molar-refractivity contribution in [3.8, 4) is 5.75 Å². The predicted molar refractivity (Wildman–Crippen MR) is 134 cm³/mol. The molecule has 2 heterocycles. The van der Waals surface area contributed by atoms with E-state index in [1.165, 1.54) is 11.1 Å². The molecule has 1 aliphatic rings. The van der Waals surface area contributed by atoms with Gasteiger partial charge in [-0.1, -0.05) is 54.6 Å². The molecule has 0 radical (unpaired) electrons. The van der Waals surface area contributed by atoms with Crippen LogP contribution < -0.4 is 4.74 Å². The van der Waals surface area contributed by atoms with Gasteiger partial charge in [-0.15, -0.1) is 0 Å². The van der Waals surface area contributed by atoms with Crippen molar-refractivity contribution in [1.82, 2.24) is 14.8 Å². The molecular formula is C29H27N3O3. The molecule has 0 fully saturated rings. The van der Waals surface area contributed by atoms with Crippen molar-refractivity contribution in [1.29, 1.82) is 0 Å². The van der Waals surface area contributed by atoms with Gasteiger partial charge in [0.2, 0.25) is 0 Å². The maximum Gasteiger partial charge on any atom is 0.341 e. The van der Waals surface area contributed by atoms with Gasteiger partial charge in [-0.05, 0) is 53.7 Å². The summed E-state index contributed by atoms with van der Waals surface area (Å²) in [6, 6.07) is 20.4. The van der Waals surface area contributed by atoms with Crippen molar-refractivity contribution < 1.29 is 14.6 Å². The van der Waals surface area contributed by atoms with Crippen LogP contribution in [0.3, 0.4) is 0 Å². The van der Waals surface area contributed by atoms with Crippen LogP contribution in [-0.2, 0) is 17.8 Å². The zero-order valence-corrected chi connectivity index (χ0v) is 19.4. The molecule has 1 atom stereocenters. The lowest BCUT2D eigenvalue weighted by molar-refractivity contribution is -0.139. The molecule has 176 valence electrons. The summed E-state index contributed by atoms with van der Waals surface area (Å²) in [5.74, 6) is -0.238. The molecule has 5 rings (SSSR count). The topological polar surface area (TPSA) is 77.2 Å². The summed E-state index contributed by atoms with van der Waals surface area (Å²) >= 11 is 0. The van der Waals surface area contributed by atoms with Crippen LogP contribution >= 0.6 is 0 Å². The summed E-state index contributed by atoms with van der Waals surface area (Å²) in [7, 11) is 0. The Morgan fingerprint density at radius 3 is 2.66 bits per heavy atom. The van der Waals surface area contributed by atoms with E-state index < -0.39 is 5.97 Å². The normalized spacial score (nSPS) is 14.9. The molecule has 0 bridgehead atoms. The van der Waals surface area contributed by atoms with Crippen LogP contribution in [0.2, 0.25) is 0 Å². The number of fused-ring (bicyclic) bond motifs is 1. The van der Waals surface area contributed by atoms with Gasteiger partial charge in [-0.2, -0.15) is 5.10 Å². The molecule has 4 aromatic rings. The average Bonchev–Trinajstić information content (AvgIpc) is 3.36. The zero-order valence-electron chi connectivity index (χ0n) is 19.4. The summed E-state index contributed by atoms with van der Waals surface area (Å²) in [5, 5.41) is 13.6. The quantitative estimate of drug-likeness (QED) is 0.380. The molecule has 1 N–H and O–H groups in total. The number of aromatic nitrogens is 3. The second kappa shape index (κ2) is 10.4. The fourth-order valence-electron chi connectivity index (χ4n) is 4.80. The minimum atomic E-state index is -0.969. The summed E-state index contributed by atoms with van der Waals surface area (Å²) in [4.78, 5) is 15.3. The lowest BCUT2D eigenvalue weighted by Crippen LogP contribution is -2.12. The molecular weight excluding hydrogens is 438 g/mol. The van der Waals surface area contributed by atoms with E-state index in [9.17, 15) is 4.79 Å². The monoisotopic (exact) mass is 465 g/mol. The van der Waals surface area contributed by atoms with Crippen molar-refractivity contribution in [2.75, 3.05) is 6.61 Å². The zero-order chi connectivity index (χ0) is 24.0. The molecule has 0 saturated carbocycles. The summed E-state index contributed by atoms with van der Waals surface area (Å²) in [6.45, 7) is 0.328. The van der Waals surface area contributed by atoms with Crippen molar-refractivity contribution in [3.63, 3.8) is 0 Å². The highest BCUT2D eigenvalue weighted by atomic mass is 16.5. The highest BCUT2D eigenvalue weighted by Crippen LogP contribution is 2.36. The van der Waals surface area contributed by atoms with Gasteiger partial charge in [-0.25, -0.2) is 4.79 Å². The van der Waals surface area contributed by atoms with E-state index in [2.05, 4.69) is 58.8 Å². The number of carbonyl (C=O) groups is 1. The van der Waals surface area contributed by atoms with Crippen LogP contribution in [0.25, 0.3) is 5.57 Å². The number of aliphatic carboxylic acids is 1. The number of carboxylic acids is 1. The lowest BCUT2D eigenvalue weighted by atomic mass is 9.86. The number of benzene rings is 2. The van der Waals surface area contributed by atoms with Crippen LogP contribution in [0.15, 0.2) is 91.5 Å². The molecule has 6 nitrogen and oxygen atoms in total. The van der Waals surface area contributed by atoms with Gasteiger partial charge in [-0.3, -0.25) is 9.67 Å². The highest BCUT2D eigenvalue weighted by molar-refractivity contribution is 5.73. The Bertz CT molecular complexity index is 1290. The number of ether oxygens (including phenoxy) is 1. The minimum Gasteiger partial charge on any atom is -0.482 e. The SMILES string of the molecule is O=C(O)COc1cccc2c1CCC/C2=C/Cn1cc(C(c2ccccc2)c2cccnc2)cn1. The first-order valence-electron chi connectivity index (χ1n) is 11.8. The first kappa shape index (κ1) is 22.6. The number of nitrogens with zero attached hydrogens (tertiary/aromatic N) is 3. The number of allylic oxidation sites excluding steroid dienone is 2. The fourth-order valence-corrected chi connectivity index (χ4v) is 4.80. The number of pyridine rings is 1. The first-order chi connectivity index (χ1) is 17.2. The van der Waals surface area contributed by atoms with Crippen molar-refractivity contribution in [2.24, 2.45) is 0 Å². The van der Waals surface area contributed by atoms with Crippen molar-refractivity contribution >= 4 is 11.5 Å². The third kappa shape index (κ3) is 5.17. The van der Waals surface area contributed by atoms with Crippen LogP contribution in [0.1, 0.15) is 46.6 Å². The van der Waals surface area contributed by atoms with Gasteiger partial charge in [0, 0.05) is 35.6 Å². The van der Waals surface area contributed by atoms with E-state index >= 15 is 0 Å². The molecule has 0 aliphatic heterocycles. The third-order valence-electron chi connectivity index (χ3n) is 6.36. The van der Waals surface area contributed by atoms with Gasteiger partial charge in [0.25, 0.3) is 0 Å². The van der Waals surface area contributed by atoms with Crippen molar-refractivity contribution in [3.05, 3.63) is 119 Å². The van der Waals surface area contributed by atoms with Crippen LogP contribution in [-0.4, -0.2) is 32.4 Å². The van der Waals surface area contributed by atoms with Gasteiger partial charge in [0.15, 0.2) is 6.61 Å². The first-order valence-corrected chi connectivity index (χ1v) is 11.8. The molecule has 1 unspecified atom stereocenters. The van der Waals surface area contributed by atoms with Gasteiger partial charge < -0.3 is 9.84 Å². The number of rotatable bonds is 8. The molecule has 0 saturated heterocycles. The Labute approximate surface area is 204 Å². The molecule has 2 aromatic heterocycles.